The molecule has 0 aliphatic carbocycles. The zero-order valence-corrected chi connectivity index (χ0v) is 10.9. The first-order valence-corrected chi connectivity index (χ1v) is 6.41. The van der Waals surface area contributed by atoms with Gasteiger partial charge in [0.25, 0.3) is 0 Å². The summed E-state index contributed by atoms with van der Waals surface area (Å²) in [7, 11) is 0. The molecule has 0 spiro atoms. The molecule has 1 N–H and O–H groups in total. The van der Waals surface area contributed by atoms with Crippen molar-refractivity contribution in [2.45, 2.75) is 6.92 Å². The summed E-state index contributed by atoms with van der Waals surface area (Å²) >= 11 is 0. The molecule has 6 nitrogen and oxygen atoms in total. The number of nitrogens with zero attached hydrogens (tertiary/aromatic N) is 5. The molecule has 1 fully saturated rings. The Morgan fingerprint density at radius 1 is 1.16 bits per heavy atom. The number of piperazine rings is 1. The van der Waals surface area contributed by atoms with Crippen molar-refractivity contribution in [3.05, 3.63) is 30.4 Å². The average Bonchev–Trinajstić information content (AvgIpc) is 2.48. The smallest absolute Gasteiger partial charge is 0.182 e. The fraction of sp³-hybridized carbons (Fsp3) is 0.385. The van der Waals surface area contributed by atoms with Gasteiger partial charge in [-0.05, 0) is 6.92 Å². The molecule has 3 heterocycles. The fourth-order valence-corrected chi connectivity index (χ4v) is 2.14. The van der Waals surface area contributed by atoms with Crippen molar-refractivity contribution in [3.63, 3.8) is 0 Å². The van der Waals surface area contributed by atoms with Crippen LogP contribution in [0.2, 0.25) is 0 Å². The van der Waals surface area contributed by atoms with Crippen molar-refractivity contribution in [1.82, 2.24) is 25.3 Å². The Hall–Kier alpha value is -2.08. The molecular formula is C13H16N6. The summed E-state index contributed by atoms with van der Waals surface area (Å²) in [6.45, 7) is 5.90. The van der Waals surface area contributed by atoms with Crippen LogP contribution in [0.3, 0.4) is 0 Å². The molecule has 98 valence electrons. The van der Waals surface area contributed by atoms with Gasteiger partial charge in [-0.25, -0.2) is 15.0 Å². The minimum Gasteiger partial charge on any atom is -0.354 e. The molecule has 2 aromatic rings. The highest BCUT2D eigenvalue weighted by Crippen LogP contribution is 2.18. The van der Waals surface area contributed by atoms with Crippen LogP contribution in [0.4, 0.5) is 5.82 Å². The van der Waals surface area contributed by atoms with Gasteiger partial charge >= 0.3 is 0 Å². The van der Waals surface area contributed by atoms with E-state index in [1.807, 2.05) is 13.0 Å². The molecule has 0 radical (unpaired) electrons. The molecule has 3 rings (SSSR count). The standard InChI is InChI=1S/C13H16N6/c1-10-8-12(19-6-4-14-5-7-19)18-13(17-10)11-9-15-2-3-16-11/h2-3,8-9,14H,4-7H2,1H3. The van der Waals surface area contributed by atoms with Crippen molar-refractivity contribution < 1.29 is 0 Å². The number of aromatic nitrogens is 4. The van der Waals surface area contributed by atoms with E-state index in [2.05, 4.69) is 30.2 Å². The van der Waals surface area contributed by atoms with E-state index in [-0.39, 0.29) is 0 Å². The maximum Gasteiger partial charge on any atom is 0.182 e. The summed E-state index contributed by atoms with van der Waals surface area (Å²) in [6, 6.07) is 2.02. The highest BCUT2D eigenvalue weighted by atomic mass is 15.2. The maximum absolute atomic E-state index is 4.61. The first kappa shape index (κ1) is 12.0. The van der Waals surface area contributed by atoms with Crippen LogP contribution in [-0.4, -0.2) is 46.1 Å². The summed E-state index contributed by atoms with van der Waals surface area (Å²) in [5.74, 6) is 1.61. The third kappa shape index (κ3) is 2.68. The van der Waals surface area contributed by atoms with Crippen LogP contribution in [0.15, 0.2) is 24.7 Å². The molecule has 0 aromatic carbocycles. The Bertz CT molecular complexity index is 550. The van der Waals surface area contributed by atoms with E-state index in [0.717, 1.165) is 37.7 Å². The van der Waals surface area contributed by atoms with Gasteiger partial charge in [0.1, 0.15) is 11.5 Å². The van der Waals surface area contributed by atoms with Crippen molar-refractivity contribution in [1.29, 1.82) is 0 Å². The lowest BCUT2D eigenvalue weighted by Gasteiger charge is -2.28. The molecular weight excluding hydrogens is 240 g/mol. The van der Waals surface area contributed by atoms with Crippen LogP contribution >= 0.6 is 0 Å². The van der Waals surface area contributed by atoms with Gasteiger partial charge in [0.05, 0.1) is 6.20 Å². The Labute approximate surface area is 111 Å². The van der Waals surface area contributed by atoms with E-state index in [0.29, 0.717) is 11.5 Å². The zero-order chi connectivity index (χ0) is 13.1. The highest BCUT2D eigenvalue weighted by Gasteiger charge is 2.14. The van der Waals surface area contributed by atoms with Crippen molar-refractivity contribution in [2.24, 2.45) is 0 Å². The van der Waals surface area contributed by atoms with E-state index < -0.39 is 0 Å². The third-order valence-electron chi connectivity index (χ3n) is 3.07. The van der Waals surface area contributed by atoms with Crippen LogP contribution in [0.5, 0.6) is 0 Å². The van der Waals surface area contributed by atoms with Crippen LogP contribution in [0.25, 0.3) is 11.5 Å². The number of aryl methyl sites for hydroxylation is 1. The van der Waals surface area contributed by atoms with Gasteiger partial charge < -0.3 is 10.2 Å². The maximum atomic E-state index is 4.61. The van der Waals surface area contributed by atoms with Gasteiger partial charge in [-0.3, -0.25) is 4.98 Å². The van der Waals surface area contributed by atoms with E-state index in [9.17, 15) is 0 Å². The second-order valence-corrected chi connectivity index (χ2v) is 4.52. The van der Waals surface area contributed by atoms with E-state index in [1.54, 1.807) is 18.6 Å². The number of hydrogen-bond acceptors (Lipinski definition) is 6. The van der Waals surface area contributed by atoms with Gasteiger partial charge in [0.2, 0.25) is 0 Å². The SMILES string of the molecule is Cc1cc(N2CCNCC2)nc(-c2cnccn2)n1. The minimum absolute atomic E-state index is 0.640. The van der Waals surface area contributed by atoms with E-state index >= 15 is 0 Å². The molecule has 0 unspecified atom stereocenters. The van der Waals surface area contributed by atoms with Crippen molar-refractivity contribution in [2.75, 3.05) is 31.1 Å². The zero-order valence-electron chi connectivity index (χ0n) is 10.9. The van der Waals surface area contributed by atoms with Crippen LogP contribution in [-0.2, 0) is 0 Å². The van der Waals surface area contributed by atoms with Crippen molar-refractivity contribution in [3.8, 4) is 11.5 Å². The highest BCUT2D eigenvalue weighted by molar-refractivity contribution is 5.52. The quantitative estimate of drug-likeness (QED) is 0.851. The Morgan fingerprint density at radius 3 is 2.74 bits per heavy atom. The van der Waals surface area contributed by atoms with Gasteiger partial charge in [0.15, 0.2) is 5.82 Å². The first-order chi connectivity index (χ1) is 9.33. The van der Waals surface area contributed by atoms with Gasteiger partial charge in [-0.1, -0.05) is 0 Å². The molecule has 0 saturated carbocycles. The normalized spacial score (nSPS) is 15.5. The summed E-state index contributed by atoms with van der Waals surface area (Å²) < 4.78 is 0. The van der Waals surface area contributed by atoms with E-state index in [1.165, 1.54) is 0 Å². The summed E-state index contributed by atoms with van der Waals surface area (Å²) in [4.78, 5) is 19.6. The minimum atomic E-state index is 0.640. The second kappa shape index (κ2) is 5.27. The van der Waals surface area contributed by atoms with Gasteiger partial charge in [-0.15, -0.1) is 0 Å². The first-order valence-electron chi connectivity index (χ1n) is 6.41. The Balaban J connectivity index is 1.96. The lowest BCUT2D eigenvalue weighted by atomic mass is 10.3. The summed E-state index contributed by atoms with van der Waals surface area (Å²) in [5.41, 5.74) is 1.66. The predicted octanol–water partition coefficient (Wildman–Crippen LogP) is 0.652. The topological polar surface area (TPSA) is 66.8 Å². The number of hydrogen-bond donors (Lipinski definition) is 1. The number of nitrogens with one attached hydrogen (secondary N) is 1. The van der Waals surface area contributed by atoms with Gasteiger partial charge in [0, 0.05) is 50.3 Å². The summed E-state index contributed by atoms with van der Waals surface area (Å²) in [5, 5.41) is 3.34. The van der Waals surface area contributed by atoms with Crippen molar-refractivity contribution >= 4 is 5.82 Å². The number of rotatable bonds is 2. The largest absolute Gasteiger partial charge is 0.354 e. The predicted molar refractivity (Wildman–Crippen MR) is 72.9 cm³/mol. The monoisotopic (exact) mass is 256 g/mol. The van der Waals surface area contributed by atoms with E-state index in [4.69, 9.17) is 0 Å². The molecule has 1 aliphatic heterocycles. The Kier molecular flexibility index (Phi) is 3.33. The van der Waals surface area contributed by atoms with Crippen LogP contribution in [0, 0.1) is 6.92 Å². The molecule has 0 atom stereocenters. The third-order valence-corrected chi connectivity index (χ3v) is 3.07. The van der Waals surface area contributed by atoms with Crippen LogP contribution < -0.4 is 10.2 Å². The molecule has 0 amide bonds. The van der Waals surface area contributed by atoms with Crippen LogP contribution in [0.1, 0.15) is 5.69 Å². The molecule has 1 aliphatic rings. The Morgan fingerprint density at radius 2 is 2.00 bits per heavy atom. The fourth-order valence-electron chi connectivity index (χ4n) is 2.14. The molecule has 0 bridgehead atoms. The molecule has 2 aromatic heterocycles. The molecule has 1 saturated heterocycles. The second-order valence-electron chi connectivity index (χ2n) is 4.52. The van der Waals surface area contributed by atoms with Gasteiger partial charge in [-0.2, -0.15) is 0 Å². The molecule has 6 heteroatoms. The lowest BCUT2D eigenvalue weighted by molar-refractivity contribution is 0.584. The lowest BCUT2D eigenvalue weighted by Crippen LogP contribution is -2.44. The number of anilines is 1. The summed E-state index contributed by atoms with van der Waals surface area (Å²) in [6.07, 6.45) is 5.00. The average molecular weight is 256 g/mol. The molecule has 19 heavy (non-hydrogen) atoms.